The molecule has 2 rings (SSSR count). The number of anilines is 1. The van der Waals surface area contributed by atoms with Crippen molar-refractivity contribution in [2.45, 2.75) is 6.61 Å². The number of aromatic carboxylic acids is 1. The van der Waals surface area contributed by atoms with Crippen LogP contribution < -0.4 is 5.32 Å². The van der Waals surface area contributed by atoms with Crippen LogP contribution in [0.25, 0.3) is 0 Å². The van der Waals surface area contributed by atoms with Gasteiger partial charge in [-0.15, -0.1) is 0 Å². The number of carbonyl (C=O) groups excluding carboxylic acids is 1. The summed E-state index contributed by atoms with van der Waals surface area (Å²) in [5.74, 6) is -1.25. The average Bonchev–Trinajstić information content (AvgIpc) is 2.82. The molecule has 7 heteroatoms. The Hall–Kier alpha value is -3.27. The number of hydrogen-bond donors (Lipinski definition) is 2. The van der Waals surface area contributed by atoms with Crippen LogP contribution in [0.5, 0.6) is 0 Å². The number of carboxylic acids is 1. The van der Waals surface area contributed by atoms with Gasteiger partial charge >= 0.3 is 12.1 Å². The summed E-state index contributed by atoms with van der Waals surface area (Å²) >= 11 is 0. The van der Waals surface area contributed by atoms with Gasteiger partial charge in [0.1, 0.15) is 12.7 Å². The zero-order valence-electron chi connectivity index (χ0n) is 11.7. The Balaban J connectivity index is 2.12. The number of amides is 1. The molecule has 0 atom stereocenters. The van der Waals surface area contributed by atoms with Gasteiger partial charge in [-0.2, -0.15) is 5.26 Å². The molecule has 0 aliphatic rings. The van der Waals surface area contributed by atoms with Crippen molar-refractivity contribution in [3.8, 4) is 6.07 Å². The molecule has 0 saturated heterocycles. The number of benzene rings is 1. The number of aromatic nitrogens is 1. The van der Waals surface area contributed by atoms with E-state index in [1.165, 1.54) is 17.8 Å². The van der Waals surface area contributed by atoms with E-state index < -0.39 is 12.1 Å². The van der Waals surface area contributed by atoms with Crippen LogP contribution in [-0.2, 0) is 18.4 Å². The Morgan fingerprint density at radius 2 is 2.05 bits per heavy atom. The lowest BCUT2D eigenvalue weighted by Gasteiger charge is -2.08. The smallest absolute Gasteiger partial charge is 0.412 e. The Morgan fingerprint density at radius 1 is 1.36 bits per heavy atom. The number of nitrogens with one attached hydrogen (secondary N) is 1. The van der Waals surface area contributed by atoms with E-state index in [-0.39, 0.29) is 23.6 Å². The predicted octanol–water partition coefficient (Wildman–Crippen LogP) is 2.34. The average molecular weight is 299 g/mol. The molecule has 0 saturated carbocycles. The highest BCUT2D eigenvalue weighted by Crippen LogP contribution is 2.22. The van der Waals surface area contributed by atoms with Crippen LogP contribution in [0.1, 0.15) is 21.6 Å². The molecule has 0 aliphatic carbocycles. The van der Waals surface area contributed by atoms with Crippen LogP contribution in [0.4, 0.5) is 10.5 Å². The highest BCUT2D eigenvalue weighted by Gasteiger charge is 2.22. The zero-order chi connectivity index (χ0) is 16.1. The highest BCUT2D eigenvalue weighted by atomic mass is 16.5. The summed E-state index contributed by atoms with van der Waals surface area (Å²) < 4.78 is 6.27. The summed E-state index contributed by atoms with van der Waals surface area (Å²) in [4.78, 5) is 23.0. The first-order chi connectivity index (χ1) is 10.5. The topological polar surface area (TPSA) is 104 Å². The molecule has 1 aromatic carbocycles. The largest absolute Gasteiger partial charge is 0.477 e. The number of ether oxygens (including phenoxy) is 1. The summed E-state index contributed by atoms with van der Waals surface area (Å²) in [7, 11) is 1.48. The molecule has 2 aromatic rings. The van der Waals surface area contributed by atoms with Gasteiger partial charge < -0.3 is 14.4 Å². The lowest BCUT2D eigenvalue weighted by Crippen LogP contribution is -2.17. The predicted molar refractivity (Wildman–Crippen MR) is 77.3 cm³/mol. The lowest BCUT2D eigenvalue weighted by atomic mass is 10.2. The lowest BCUT2D eigenvalue weighted by molar-refractivity contribution is 0.0688. The van der Waals surface area contributed by atoms with Gasteiger partial charge in [0.25, 0.3) is 0 Å². The van der Waals surface area contributed by atoms with Crippen molar-refractivity contribution in [2.75, 3.05) is 5.32 Å². The van der Waals surface area contributed by atoms with Crippen molar-refractivity contribution in [3.63, 3.8) is 0 Å². The van der Waals surface area contributed by atoms with E-state index in [0.717, 1.165) is 5.56 Å². The van der Waals surface area contributed by atoms with Crippen molar-refractivity contribution in [2.24, 2.45) is 7.05 Å². The third-order valence-electron chi connectivity index (χ3n) is 2.94. The second kappa shape index (κ2) is 6.45. The normalized spacial score (nSPS) is 9.82. The second-order valence-corrected chi connectivity index (χ2v) is 4.48. The van der Waals surface area contributed by atoms with E-state index in [1.807, 2.05) is 24.3 Å². The molecule has 0 radical (unpaired) electrons. The van der Waals surface area contributed by atoms with E-state index in [0.29, 0.717) is 0 Å². The number of hydrogen-bond acceptors (Lipinski definition) is 4. The van der Waals surface area contributed by atoms with Crippen molar-refractivity contribution in [3.05, 3.63) is 53.3 Å². The van der Waals surface area contributed by atoms with Crippen LogP contribution in [0.2, 0.25) is 0 Å². The minimum atomic E-state index is -1.25. The molecule has 1 amide bonds. The van der Waals surface area contributed by atoms with Crippen LogP contribution in [-0.4, -0.2) is 21.7 Å². The molecule has 1 heterocycles. The van der Waals surface area contributed by atoms with Gasteiger partial charge in [-0.05, 0) is 5.56 Å². The zero-order valence-corrected chi connectivity index (χ0v) is 11.7. The van der Waals surface area contributed by atoms with Gasteiger partial charge in [-0.25, -0.2) is 9.59 Å². The van der Waals surface area contributed by atoms with Crippen LogP contribution in [0.15, 0.2) is 36.5 Å². The van der Waals surface area contributed by atoms with E-state index in [1.54, 1.807) is 12.1 Å². The Bertz CT molecular complexity index is 744. The maximum absolute atomic E-state index is 11.8. The van der Waals surface area contributed by atoms with Gasteiger partial charge in [0.15, 0.2) is 5.69 Å². The third-order valence-corrected chi connectivity index (χ3v) is 2.94. The maximum atomic E-state index is 11.8. The van der Waals surface area contributed by atoms with Crippen molar-refractivity contribution in [1.82, 2.24) is 4.57 Å². The van der Waals surface area contributed by atoms with E-state index in [4.69, 9.17) is 15.1 Å². The fourth-order valence-corrected chi connectivity index (χ4v) is 1.96. The SMILES string of the molecule is Cn1cc(C#N)c(NC(=O)OCc2ccccc2)c1C(=O)O. The fourth-order valence-electron chi connectivity index (χ4n) is 1.96. The molecular formula is C15H13N3O4. The first kappa shape index (κ1) is 15.1. The Labute approximate surface area is 126 Å². The minimum absolute atomic E-state index is 0.0454. The van der Waals surface area contributed by atoms with Crippen molar-refractivity contribution >= 4 is 17.7 Å². The van der Waals surface area contributed by atoms with Gasteiger partial charge in [0, 0.05) is 13.2 Å². The van der Waals surface area contributed by atoms with Gasteiger partial charge in [0.05, 0.1) is 11.3 Å². The molecule has 0 unspecified atom stereocenters. The number of rotatable bonds is 4. The van der Waals surface area contributed by atoms with E-state index in [9.17, 15) is 9.59 Å². The van der Waals surface area contributed by atoms with Gasteiger partial charge in [-0.3, -0.25) is 5.32 Å². The number of nitrogens with zero attached hydrogens (tertiary/aromatic N) is 2. The summed E-state index contributed by atoms with van der Waals surface area (Å²) in [6.45, 7) is 0.0454. The summed E-state index contributed by atoms with van der Waals surface area (Å²) in [6, 6.07) is 10.9. The molecule has 0 fully saturated rings. The maximum Gasteiger partial charge on any atom is 0.412 e. The Morgan fingerprint density at radius 3 is 2.64 bits per heavy atom. The number of nitriles is 1. The first-order valence-corrected chi connectivity index (χ1v) is 6.33. The third kappa shape index (κ3) is 3.24. The molecule has 0 spiro atoms. The molecule has 112 valence electrons. The number of carboxylic acid groups (broad SMARTS) is 1. The molecule has 22 heavy (non-hydrogen) atoms. The summed E-state index contributed by atoms with van der Waals surface area (Å²) in [6.07, 6.45) is 0.505. The van der Waals surface area contributed by atoms with Crippen LogP contribution >= 0.6 is 0 Å². The molecule has 7 nitrogen and oxygen atoms in total. The highest BCUT2D eigenvalue weighted by molar-refractivity contribution is 5.99. The molecule has 1 aromatic heterocycles. The number of aryl methyl sites for hydroxylation is 1. The van der Waals surface area contributed by atoms with Crippen LogP contribution in [0.3, 0.4) is 0 Å². The number of carbonyl (C=O) groups is 2. The van der Waals surface area contributed by atoms with Gasteiger partial charge in [-0.1, -0.05) is 30.3 Å². The minimum Gasteiger partial charge on any atom is -0.477 e. The molecule has 0 aliphatic heterocycles. The van der Waals surface area contributed by atoms with Gasteiger partial charge in [0.2, 0.25) is 0 Å². The van der Waals surface area contributed by atoms with E-state index in [2.05, 4.69) is 5.32 Å². The van der Waals surface area contributed by atoms with E-state index >= 15 is 0 Å². The van der Waals surface area contributed by atoms with Crippen molar-refractivity contribution in [1.29, 1.82) is 5.26 Å². The summed E-state index contributed by atoms with van der Waals surface area (Å²) in [5.41, 5.74) is 0.588. The first-order valence-electron chi connectivity index (χ1n) is 6.33. The fraction of sp³-hybridized carbons (Fsp3) is 0.133. The molecule has 0 bridgehead atoms. The Kier molecular flexibility index (Phi) is 4.44. The second-order valence-electron chi connectivity index (χ2n) is 4.48. The summed E-state index contributed by atoms with van der Waals surface area (Å²) in [5, 5.41) is 20.5. The quantitative estimate of drug-likeness (QED) is 0.901. The molecule has 2 N–H and O–H groups in total. The molecular weight excluding hydrogens is 286 g/mol. The monoisotopic (exact) mass is 299 g/mol. The standard InChI is InChI=1S/C15H13N3O4/c1-18-8-11(7-16)12(13(18)14(19)20)17-15(21)22-9-10-5-3-2-4-6-10/h2-6,8H,9H2,1H3,(H,17,21)(H,19,20). The van der Waals surface area contributed by atoms with Crippen LogP contribution in [0, 0.1) is 11.3 Å². The van der Waals surface area contributed by atoms with Crippen molar-refractivity contribution < 1.29 is 19.4 Å².